The van der Waals surface area contributed by atoms with Crippen molar-refractivity contribution >= 4 is 11.6 Å². The summed E-state index contributed by atoms with van der Waals surface area (Å²) in [5.74, 6) is 0.456. The Kier molecular flexibility index (Phi) is 7.10. The summed E-state index contributed by atoms with van der Waals surface area (Å²) in [6.07, 6.45) is 2.01. The molecule has 2 N–H and O–H groups in total. The first-order chi connectivity index (χ1) is 15.1. The molecular formula is C25H34N4O2. The lowest BCUT2D eigenvalue weighted by Crippen LogP contribution is -2.56. The minimum absolute atomic E-state index is 0.131. The minimum atomic E-state index is -0.131. The van der Waals surface area contributed by atoms with E-state index in [1.165, 1.54) is 5.56 Å². The molecule has 0 saturated carbocycles. The van der Waals surface area contributed by atoms with Crippen LogP contribution >= 0.6 is 0 Å². The van der Waals surface area contributed by atoms with Crippen LogP contribution in [0, 0.1) is 0 Å². The second kappa shape index (κ2) is 10.2. The van der Waals surface area contributed by atoms with Crippen molar-refractivity contribution in [3.63, 3.8) is 0 Å². The molecule has 0 aliphatic carbocycles. The fourth-order valence-electron chi connectivity index (χ4n) is 4.65. The van der Waals surface area contributed by atoms with Gasteiger partial charge in [-0.2, -0.15) is 0 Å². The second-order valence-corrected chi connectivity index (χ2v) is 8.73. The highest BCUT2D eigenvalue weighted by atomic mass is 16.3. The van der Waals surface area contributed by atoms with Crippen LogP contribution in [0.4, 0.5) is 5.69 Å². The Morgan fingerprint density at radius 1 is 0.968 bits per heavy atom. The van der Waals surface area contributed by atoms with Gasteiger partial charge < -0.3 is 15.3 Å². The molecule has 2 heterocycles. The summed E-state index contributed by atoms with van der Waals surface area (Å²) >= 11 is 0. The molecule has 0 bridgehead atoms. The molecule has 2 saturated heterocycles. The largest absolute Gasteiger partial charge is 0.506 e. The van der Waals surface area contributed by atoms with Crippen LogP contribution in [0.1, 0.15) is 25.3 Å². The molecule has 1 amide bonds. The van der Waals surface area contributed by atoms with Crippen molar-refractivity contribution < 1.29 is 9.90 Å². The number of rotatable bonds is 6. The van der Waals surface area contributed by atoms with Gasteiger partial charge in [0.1, 0.15) is 5.75 Å². The molecule has 2 aromatic rings. The lowest BCUT2D eigenvalue weighted by Gasteiger charge is -2.39. The third kappa shape index (κ3) is 5.57. The number of phenolic OH excluding ortho intramolecular Hbond substituents is 1. The molecule has 31 heavy (non-hydrogen) atoms. The van der Waals surface area contributed by atoms with Crippen LogP contribution in [0.3, 0.4) is 0 Å². The van der Waals surface area contributed by atoms with Gasteiger partial charge in [-0.1, -0.05) is 42.5 Å². The third-order valence-corrected chi connectivity index (χ3v) is 6.65. The van der Waals surface area contributed by atoms with Crippen molar-refractivity contribution in [1.29, 1.82) is 0 Å². The maximum atomic E-state index is 12.9. The van der Waals surface area contributed by atoms with Crippen molar-refractivity contribution in [1.82, 2.24) is 15.1 Å². The van der Waals surface area contributed by atoms with Gasteiger partial charge in [0.05, 0.1) is 11.7 Å². The van der Waals surface area contributed by atoms with Gasteiger partial charge >= 0.3 is 0 Å². The van der Waals surface area contributed by atoms with Gasteiger partial charge in [-0.25, -0.2) is 0 Å². The van der Waals surface area contributed by atoms with Gasteiger partial charge in [0.2, 0.25) is 5.91 Å². The molecule has 1 atom stereocenters. The highest BCUT2D eigenvalue weighted by molar-refractivity contribution is 5.81. The Hall–Kier alpha value is -2.57. The van der Waals surface area contributed by atoms with Crippen LogP contribution in [0.2, 0.25) is 0 Å². The SMILES string of the molecule is CC(C(=O)NC1CCN(Cc2ccccc2)CC1)N1CCN(c2ccccc2O)CC1. The van der Waals surface area contributed by atoms with E-state index in [1.54, 1.807) is 6.07 Å². The number of benzene rings is 2. The van der Waals surface area contributed by atoms with Crippen LogP contribution < -0.4 is 10.2 Å². The molecule has 2 aromatic carbocycles. The molecule has 4 rings (SSSR count). The molecule has 0 spiro atoms. The number of nitrogens with one attached hydrogen (secondary N) is 1. The number of para-hydroxylation sites is 2. The first-order valence-corrected chi connectivity index (χ1v) is 11.4. The predicted octanol–water partition coefficient (Wildman–Crippen LogP) is 2.68. The molecule has 0 radical (unpaired) electrons. The molecule has 2 aliphatic rings. The maximum Gasteiger partial charge on any atom is 0.237 e. The average molecular weight is 423 g/mol. The van der Waals surface area contributed by atoms with E-state index in [4.69, 9.17) is 0 Å². The first-order valence-electron chi connectivity index (χ1n) is 11.4. The van der Waals surface area contributed by atoms with Crippen molar-refractivity contribution in [2.75, 3.05) is 44.2 Å². The van der Waals surface area contributed by atoms with E-state index in [0.717, 1.165) is 64.3 Å². The number of nitrogens with zero attached hydrogens (tertiary/aromatic N) is 3. The van der Waals surface area contributed by atoms with Gasteiger partial charge in [-0.3, -0.25) is 14.6 Å². The third-order valence-electron chi connectivity index (χ3n) is 6.65. The molecule has 0 aromatic heterocycles. The van der Waals surface area contributed by atoms with Crippen molar-refractivity contribution in [2.24, 2.45) is 0 Å². The van der Waals surface area contributed by atoms with Gasteiger partial charge in [0.15, 0.2) is 0 Å². The highest BCUT2D eigenvalue weighted by Crippen LogP contribution is 2.27. The molecule has 2 fully saturated rings. The summed E-state index contributed by atoms with van der Waals surface area (Å²) in [7, 11) is 0. The zero-order valence-corrected chi connectivity index (χ0v) is 18.4. The van der Waals surface area contributed by atoms with Gasteiger partial charge in [0, 0.05) is 51.9 Å². The smallest absolute Gasteiger partial charge is 0.237 e. The highest BCUT2D eigenvalue weighted by Gasteiger charge is 2.28. The van der Waals surface area contributed by atoms with Gasteiger partial charge in [-0.05, 0) is 37.5 Å². The molecule has 6 heteroatoms. The summed E-state index contributed by atoms with van der Waals surface area (Å²) in [6.45, 7) is 8.30. The fraction of sp³-hybridized carbons (Fsp3) is 0.480. The molecular weight excluding hydrogens is 388 g/mol. The minimum Gasteiger partial charge on any atom is -0.506 e. The summed E-state index contributed by atoms with van der Waals surface area (Å²) in [5.41, 5.74) is 2.23. The number of piperazine rings is 1. The topological polar surface area (TPSA) is 59.1 Å². The molecule has 166 valence electrons. The molecule has 2 aliphatic heterocycles. The van der Waals surface area contributed by atoms with E-state index >= 15 is 0 Å². The summed E-state index contributed by atoms with van der Waals surface area (Å²) in [6, 6.07) is 18.2. The number of anilines is 1. The molecule has 6 nitrogen and oxygen atoms in total. The summed E-state index contributed by atoms with van der Waals surface area (Å²) in [5, 5.41) is 13.4. The summed E-state index contributed by atoms with van der Waals surface area (Å²) in [4.78, 5) is 19.8. The Bertz CT molecular complexity index is 844. The van der Waals surface area contributed by atoms with E-state index in [2.05, 4.69) is 50.3 Å². The number of carbonyl (C=O) groups excluding carboxylic acids is 1. The van der Waals surface area contributed by atoms with Crippen molar-refractivity contribution in [2.45, 2.75) is 38.4 Å². The average Bonchev–Trinajstić information content (AvgIpc) is 2.81. The maximum absolute atomic E-state index is 12.9. The van der Waals surface area contributed by atoms with Crippen molar-refractivity contribution in [3.8, 4) is 5.75 Å². The number of hydrogen-bond acceptors (Lipinski definition) is 5. The quantitative estimate of drug-likeness (QED) is 0.750. The zero-order valence-electron chi connectivity index (χ0n) is 18.4. The lowest BCUT2D eigenvalue weighted by atomic mass is 10.0. The Labute approximate surface area is 185 Å². The first kappa shape index (κ1) is 21.7. The van der Waals surface area contributed by atoms with E-state index in [0.29, 0.717) is 5.75 Å². The Balaban J connectivity index is 1.20. The van der Waals surface area contributed by atoms with Crippen LogP contribution in [0.25, 0.3) is 0 Å². The summed E-state index contributed by atoms with van der Waals surface area (Å²) < 4.78 is 0. The monoisotopic (exact) mass is 422 g/mol. The second-order valence-electron chi connectivity index (χ2n) is 8.73. The number of carbonyl (C=O) groups is 1. The number of phenols is 1. The number of amides is 1. The standard InChI is InChI=1S/C25H34N4O2/c1-20(28-15-17-29(18-16-28)23-9-5-6-10-24(23)30)25(31)26-22-11-13-27(14-12-22)19-21-7-3-2-4-8-21/h2-10,20,22,30H,11-19H2,1H3,(H,26,31). The normalized spacial score (nSPS) is 19.8. The van der Waals surface area contributed by atoms with Crippen molar-refractivity contribution in [3.05, 3.63) is 60.2 Å². The van der Waals surface area contributed by atoms with E-state index in [9.17, 15) is 9.90 Å². The van der Waals surface area contributed by atoms with E-state index < -0.39 is 0 Å². The molecule has 1 unspecified atom stereocenters. The number of hydrogen-bond donors (Lipinski definition) is 2. The van der Waals surface area contributed by atoms with Gasteiger partial charge in [0.25, 0.3) is 0 Å². The zero-order chi connectivity index (χ0) is 21.6. The Morgan fingerprint density at radius 3 is 2.29 bits per heavy atom. The van der Waals surface area contributed by atoms with Crippen LogP contribution in [0.15, 0.2) is 54.6 Å². The number of piperidine rings is 1. The van der Waals surface area contributed by atoms with Gasteiger partial charge in [-0.15, -0.1) is 0 Å². The Morgan fingerprint density at radius 2 is 1.61 bits per heavy atom. The lowest BCUT2D eigenvalue weighted by molar-refractivity contribution is -0.127. The number of aromatic hydroxyl groups is 1. The number of likely N-dealkylation sites (tertiary alicyclic amines) is 1. The van der Waals surface area contributed by atoms with Crippen LogP contribution in [0.5, 0.6) is 5.75 Å². The van der Waals surface area contributed by atoms with Crippen LogP contribution in [-0.2, 0) is 11.3 Å². The van der Waals surface area contributed by atoms with Crippen LogP contribution in [-0.4, -0.2) is 72.2 Å². The van der Waals surface area contributed by atoms with E-state index in [1.807, 2.05) is 25.1 Å². The fourth-order valence-corrected chi connectivity index (χ4v) is 4.65. The predicted molar refractivity (Wildman–Crippen MR) is 124 cm³/mol. The van der Waals surface area contributed by atoms with E-state index in [-0.39, 0.29) is 18.0 Å².